The SMILES string of the molecule is CS(=O)(=O)O.O=[N+]([O-])c1cccc(-c2cccc(OC(F)(F)F)c2)c1CC[C@H](O)c1cccc(OC(F)(F)C(F)F)c1. The van der Waals surface area contributed by atoms with Gasteiger partial charge in [0.2, 0.25) is 0 Å². The lowest BCUT2D eigenvalue weighted by atomic mass is 9.93. The van der Waals surface area contributed by atoms with E-state index in [0.29, 0.717) is 6.26 Å². The zero-order chi connectivity index (χ0) is 31.9. The molecule has 1 atom stereocenters. The van der Waals surface area contributed by atoms with Crippen LogP contribution in [0.15, 0.2) is 66.7 Å². The van der Waals surface area contributed by atoms with Gasteiger partial charge in [-0.3, -0.25) is 14.7 Å². The van der Waals surface area contributed by atoms with Crippen LogP contribution in [0.5, 0.6) is 11.5 Å². The van der Waals surface area contributed by atoms with Gasteiger partial charge >= 0.3 is 18.9 Å². The number of rotatable bonds is 10. The fourth-order valence-electron chi connectivity index (χ4n) is 3.57. The Balaban J connectivity index is 0.00000113. The Morgan fingerprint density at radius 3 is 2.02 bits per heavy atom. The number of benzene rings is 3. The first-order chi connectivity index (χ1) is 19.3. The molecule has 0 saturated carbocycles. The van der Waals surface area contributed by atoms with Crippen molar-refractivity contribution in [2.45, 2.75) is 37.8 Å². The molecule has 3 rings (SSSR count). The third-order valence-corrected chi connectivity index (χ3v) is 5.15. The molecule has 0 amide bonds. The summed E-state index contributed by atoms with van der Waals surface area (Å²) in [6, 6.07) is 13.2. The highest BCUT2D eigenvalue weighted by molar-refractivity contribution is 7.85. The van der Waals surface area contributed by atoms with E-state index >= 15 is 0 Å². The number of nitro benzene ring substituents is 1. The molecule has 0 spiro atoms. The van der Waals surface area contributed by atoms with Gasteiger partial charge < -0.3 is 14.6 Å². The molecule has 0 radical (unpaired) electrons. The second-order valence-electron chi connectivity index (χ2n) is 8.46. The van der Waals surface area contributed by atoms with E-state index in [9.17, 15) is 54.4 Å². The van der Waals surface area contributed by atoms with Crippen molar-refractivity contribution in [1.29, 1.82) is 0 Å². The van der Waals surface area contributed by atoms with Crippen molar-refractivity contribution in [1.82, 2.24) is 0 Å². The maximum Gasteiger partial charge on any atom is 0.573 e. The molecule has 9 nitrogen and oxygen atoms in total. The molecule has 0 aliphatic heterocycles. The van der Waals surface area contributed by atoms with E-state index in [4.69, 9.17) is 4.55 Å². The first kappa shape index (κ1) is 34.2. The Morgan fingerprint density at radius 1 is 0.929 bits per heavy atom. The molecule has 0 aromatic heterocycles. The summed E-state index contributed by atoms with van der Waals surface area (Å²) in [6.45, 7) is 0. The summed E-state index contributed by atoms with van der Waals surface area (Å²) in [7, 11) is -3.67. The van der Waals surface area contributed by atoms with Crippen molar-refractivity contribution in [3.8, 4) is 22.6 Å². The molecular weight excluding hydrogens is 607 g/mol. The van der Waals surface area contributed by atoms with Crippen LogP contribution in [0.4, 0.5) is 36.4 Å². The number of aliphatic hydroxyl groups is 1. The molecule has 17 heteroatoms. The molecule has 0 aliphatic carbocycles. The zero-order valence-electron chi connectivity index (χ0n) is 21.3. The smallest absolute Gasteiger partial charge is 0.428 e. The molecule has 42 heavy (non-hydrogen) atoms. The van der Waals surface area contributed by atoms with Crippen LogP contribution in [0.25, 0.3) is 11.1 Å². The van der Waals surface area contributed by atoms with Crippen molar-refractivity contribution in [3.05, 3.63) is 88.0 Å². The fraction of sp³-hybridized carbons (Fsp3) is 0.280. The summed E-state index contributed by atoms with van der Waals surface area (Å²) < 4.78 is 123. The number of halogens is 7. The molecule has 3 aromatic carbocycles. The van der Waals surface area contributed by atoms with Crippen molar-refractivity contribution in [2.75, 3.05) is 6.26 Å². The molecule has 0 saturated heterocycles. The van der Waals surface area contributed by atoms with Crippen molar-refractivity contribution in [3.63, 3.8) is 0 Å². The van der Waals surface area contributed by atoms with Crippen LogP contribution in [-0.2, 0) is 16.5 Å². The minimum absolute atomic E-state index is 0.0169. The normalized spacial score (nSPS) is 12.7. The van der Waals surface area contributed by atoms with Gasteiger partial charge in [0.1, 0.15) is 11.5 Å². The second kappa shape index (κ2) is 13.8. The van der Waals surface area contributed by atoms with E-state index in [0.717, 1.165) is 24.3 Å². The van der Waals surface area contributed by atoms with Gasteiger partial charge in [0.05, 0.1) is 17.3 Å². The van der Waals surface area contributed by atoms with Crippen LogP contribution in [0.2, 0.25) is 0 Å². The third-order valence-electron chi connectivity index (χ3n) is 5.15. The minimum Gasteiger partial charge on any atom is -0.428 e. The van der Waals surface area contributed by atoms with Gasteiger partial charge in [-0.1, -0.05) is 36.4 Å². The summed E-state index contributed by atoms with van der Waals surface area (Å²) in [5.74, 6) is -1.17. The maximum atomic E-state index is 13.2. The molecule has 0 unspecified atom stereocenters. The van der Waals surface area contributed by atoms with Gasteiger partial charge in [-0.15, -0.1) is 13.2 Å². The number of nitrogens with zero attached hydrogens (tertiary/aromatic N) is 1. The summed E-state index contributed by atoms with van der Waals surface area (Å²) in [5, 5.41) is 22.2. The molecule has 0 aliphatic rings. The first-order valence-corrected chi connectivity index (χ1v) is 13.3. The van der Waals surface area contributed by atoms with Gasteiger partial charge in [-0.2, -0.15) is 26.0 Å². The van der Waals surface area contributed by atoms with E-state index in [2.05, 4.69) is 9.47 Å². The Labute approximate surface area is 234 Å². The Bertz CT molecular complexity index is 1480. The van der Waals surface area contributed by atoms with E-state index in [1.54, 1.807) is 0 Å². The third kappa shape index (κ3) is 11.1. The highest BCUT2D eigenvalue weighted by atomic mass is 32.2. The molecule has 230 valence electrons. The van der Waals surface area contributed by atoms with Gasteiger partial charge in [-0.25, -0.2) is 0 Å². The zero-order valence-corrected chi connectivity index (χ0v) is 22.1. The van der Waals surface area contributed by atoms with Crippen LogP contribution < -0.4 is 9.47 Å². The van der Waals surface area contributed by atoms with Gasteiger partial charge in [0.15, 0.2) is 0 Å². The number of hydrogen-bond donors (Lipinski definition) is 2. The van der Waals surface area contributed by atoms with Gasteiger partial charge in [0, 0.05) is 11.6 Å². The number of hydrogen-bond acceptors (Lipinski definition) is 7. The highest BCUT2D eigenvalue weighted by Crippen LogP contribution is 2.36. The standard InChI is InChI=1S/C24H18F7NO5.CH4O3S/c25-22(26)23(27,28)36-16-6-2-5-15(13-16)21(33)11-10-19-18(8-3-9-20(19)32(34)35)14-4-1-7-17(12-14)37-24(29,30)31;1-5(2,3)4/h1-9,12-13,21-22,33H,10-11H2;1H3,(H,2,3,4)/t21-;/m0./s1. The van der Waals surface area contributed by atoms with Crippen LogP contribution in [0.1, 0.15) is 23.7 Å². The monoisotopic (exact) mass is 629 g/mol. The molecule has 0 heterocycles. The highest BCUT2D eigenvalue weighted by Gasteiger charge is 2.44. The van der Waals surface area contributed by atoms with Crippen LogP contribution in [0.3, 0.4) is 0 Å². The fourth-order valence-corrected chi connectivity index (χ4v) is 3.57. The van der Waals surface area contributed by atoms with E-state index in [1.807, 2.05) is 0 Å². The Kier molecular flexibility index (Phi) is 11.3. The van der Waals surface area contributed by atoms with Crippen LogP contribution in [0, 0.1) is 10.1 Å². The lowest BCUT2D eigenvalue weighted by molar-refractivity contribution is -0.385. The molecule has 2 N–H and O–H groups in total. The Hall–Kier alpha value is -3.96. The number of aliphatic hydroxyl groups excluding tert-OH is 1. The summed E-state index contributed by atoms with van der Waals surface area (Å²) in [6.07, 6.45) is -14.8. The first-order valence-electron chi connectivity index (χ1n) is 11.4. The average molecular weight is 630 g/mol. The lowest BCUT2D eigenvalue weighted by Crippen LogP contribution is -2.33. The average Bonchev–Trinajstić information content (AvgIpc) is 2.85. The van der Waals surface area contributed by atoms with Crippen LogP contribution >= 0.6 is 0 Å². The van der Waals surface area contributed by atoms with Gasteiger partial charge in [0.25, 0.3) is 15.8 Å². The summed E-state index contributed by atoms with van der Waals surface area (Å²) in [5.41, 5.74) is 0.137. The van der Waals surface area contributed by atoms with Crippen molar-refractivity contribution >= 4 is 15.8 Å². The summed E-state index contributed by atoms with van der Waals surface area (Å²) in [4.78, 5) is 10.9. The van der Waals surface area contributed by atoms with Crippen LogP contribution in [-0.4, -0.2) is 48.2 Å². The quantitative estimate of drug-likeness (QED) is 0.111. The van der Waals surface area contributed by atoms with E-state index in [1.165, 1.54) is 42.5 Å². The van der Waals surface area contributed by atoms with Crippen molar-refractivity contribution < 1.29 is 63.2 Å². The molecular formula is C25H22F7NO8S. The maximum absolute atomic E-state index is 13.2. The van der Waals surface area contributed by atoms with Crippen molar-refractivity contribution in [2.24, 2.45) is 0 Å². The number of alkyl halides is 7. The minimum atomic E-state index is -4.95. The Morgan fingerprint density at radius 2 is 1.48 bits per heavy atom. The van der Waals surface area contributed by atoms with Gasteiger partial charge in [-0.05, 0) is 53.8 Å². The largest absolute Gasteiger partial charge is 0.573 e. The number of nitro groups is 1. The topological polar surface area (TPSA) is 136 Å². The summed E-state index contributed by atoms with van der Waals surface area (Å²) >= 11 is 0. The van der Waals surface area contributed by atoms with E-state index in [-0.39, 0.29) is 40.8 Å². The molecule has 0 bridgehead atoms. The predicted molar refractivity (Wildman–Crippen MR) is 134 cm³/mol. The lowest BCUT2D eigenvalue weighted by Gasteiger charge is -2.18. The molecule has 0 fully saturated rings. The number of ether oxygens (including phenoxy) is 2. The van der Waals surface area contributed by atoms with E-state index < -0.39 is 51.5 Å². The second-order valence-corrected chi connectivity index (χ2v) is 9.93. The molecule has 3 aromatic rings. The predicted octanol–water partition coefficient (Wildman–Crippen LogP) is 6.57.